The molecule has 0 unspecified atom stereocenters. The van der Waals surface area contributed by atoms with Crippen molar-refractivity contribution in [2.75, 3.05) is 7.11 Å². The summed E-state index contributed by atoms with van der Waals surface area (Å²) in [5, 5.41) is 0. The zero-order valence-electron chi connectivity index (χ0n) is 7.67. The Morgan fingerprint density at radius 1 is 1.46 bits per heavy atom. The monoisotopic (exact) mass is 178 g/mol. The van der Waals surface area contributed by atoms with Gasteiger partial charge < -0.3 is 4.74 Å². The van der Waals surface area contributed by atoms with E-state index in [0.29, 0.717) is 6.42 Å². The summed E-state index contributed by atoms with van der Waals surface area (Å²) >= 11 is 0. The largest absolute Gasteiger partial charge is 0.497 e. The van der Waals surface area contributed by atoms with Gasteiger partial charge in [0.25, 0.3) is 0 Å². The van der Waals surface area contributed by atoms with Crippen LogP contribution in [0.1, 0.15) is 28.8 Å². The maximum atomic E-state index is 11.4. The molecule has 0 radical (unpaired) electrons. The smallest absolute Gasteiger partial charge is 0.163 e. The first-order valence-electron chi connectivity index (χ1n) is 4.51. The van der Waals surface area contributed by atoms with E-state index < -0.39 is 0 Å². The van der Waals surface area contributed by atoms with Crippen molar-refractivity contribution < 1.29 is 9.53 Å². The summed E-state index contributed by atoms with van der Waals surface area (Å²) in [4.78, 5) is 11.4. The number of Topliss-reactive ketones (excluding diaryl/α,β-unsaturated/α-hetero) is 1. The van der Waals surface area contributed by atoms with E-state index >= 15 is 0 Å². The van der Waals surface area contributed by atoms with Gasteiger partial charge in [-0.15, -0.1) is 0 Å². The minimum absolute atomic E-state index is 0.268. The molecule has 0 amide bonds. The number of carbonyl (C=O) groups is 1. The van der Waals surface area contributed by atoms with Crippen LogP contribution in [0, 0.1) is 0 Å². The molecule has 0 saturated carbocycles. The van der Waals surface area contributed by atoms with Crippen molar-refractivity contribution in [1.82, 2.24) is 0 Å². The van der Waals surface area contributed by atoms with Gasteiger partial charge in [0.1, 0.15) is 5.75 Å². The van der Waals surface area contributed by atoms with Crippen LogP contribution in [0.25, 0.3) is 0 Å². The summed E-state index contributed by atoms with van der Waals surface area (Å²) in [6.45, 7) is 0. The Morgan fingerprint density at radius 2 is 2.31 bits per heavy atom. The highest BCUT2D eigenvalue weighted by Gasteiger charge is 2.16. The van der Waals surface area contributed by atoms with Gasteiger partial charge in [-0.05, 0) is 36.6 Å². The van der Waals surface area contributed by atoms with Crippen LogP contribution in [0.4, 0.5) is 0 Å². The van der Waals surface area contributed by atoms with Crippen molar-refractivity contribution in [3.05, 3.63) is 29.3 Å². The molecule has 0 saturated heterocycles. The number of methoxy groups -OCH3 is 1. The molecule has 2 rings (SSSR count). The summed E-state index contributed by atoms with van der Waals surface area (Å²) in [5.41, 5.74) is 2.02. The molecule has 0 bridgehead atoms. The van der Waals surface area contributed by atoms with E-state index in [9.17, 15) is 4.79 Å². The second-order valence-corrected chi connectivity index (χ2v) is 3.30. The lowest BCUT2D eigenvalue weighted by Gasteiger charge is -2.14. The van der Waals surface area contributed by atoms with Crippen molar-refractivity contribution >= 4 is 5.78 Å². The van der Waals surface area contributed by atoms with E-state index in [0.717, 1.165) is 29.7 Å². The third-order valence-electron chi connectivity index (χ3n) is 2.46. The number of fused-ring (bicyclic) bond motifs is 1. The van der Waals surface area contributed by atoms with Crippen LogP contribution in [-0.4, -0.2) is 12.9 Å². The van der Waals surface area contributed by atoms with E-state index in [4.69, 9.17) is 4.74 Å². The standard InChI is InChI=1S/C11H12O2/c1-13-9-5-6-10-8(7-9)3-2-4-11(10)12/h5-7H,2-4H2,1H3/i11+2. The van der Waals surface area contributed by atoms with Crippen LogP contribution in [0.15, 0.2) is 18.2 Å². The molecule has 13 heavy (non-hydrogen) atoms. The molecule has 0 spiro atoms. The molecule has 0 aliphatic heterocycles. The fraction of sp³-hybridized carbons (Fsp3) is 0.364. The van der Waals surface area contributed by atoms with Crippen LogP contribution < -0.4 is 4.74 Å². The highest BCUT2D eigenvalue weighted by Crippen LogP contribution is 2.24. The summed E-state index contributed by atoms with van der Waals surface area (Å²) in [5.74, 6) is 1.11. The van der Waals surface area contributed by atoms with Gasteiger partial charge in [0.15, 0.2) is 5.78 Å². The number of carbonyl (C=O) groups excluding carboxylic acids is 1. The fourth-order valence-corrected chi connectivity index (χ4v) is 1.75. The molecular formula is C11H12O2. The molecule has 1 aromatic rings. The molecule has 1 aromatic carbocycles. The van der Waals surface area contributed by atoms with Crippen LogP contribution in [0.5, 0.6) is 5.75 Å². The maximum absolute atomic E-state index is 11.4. The molecule has 0 aromatic heterocycles. The highest BCUT2D eigenvalue weighted by molar-refractivity contribution is 5.98. The van der Waals surface area contributed by atoms with Crippen molar-refractivity contribution in [3.8, 4) is 5.75 Å². The second kappa shape index (κ2) is 3.21. The predicted molar refractivity (Wildman–Crippen MR) is 50.3 cm³/mol. The first kappa shape index (κ1) is 8.30. The van der Waals surface area contributed by atoms with E-state index in [1.165, 1.54) is 0 Å². The third kappa shape index (κ3) is 1.44. The Kier molecular flexibility index (Phi) is 2.05. The Morgan fingerprint density at radius 3 is 3.08 bits per heavy atom. The molecular weight excluding hydrogens is 166 g/mol. The lowest BCUT2D eigenvalue weighted by molar-refractivity contribution is 0.0972. The molecule has 1 aliphatic rings. The maximum Gasteiger partial charge on any atom is 0.163 e. The van der Waals surface area contributed by atoms with Crippen molar-refractivity contribution in [1.29, 1.82) is 0 Å². The minimum Gasteiger partial charge on any atom is -0.497 e. The van der Waals surface area contributed by atoms with E-state index in [1.807, 2.05) is 18.2 Å². The fourth-order valence-electron chi connectivity index (χ4n) is 1.75. The number of rotatable bonds is 1. The summed E-state index contributed by atoms with van der Waals surface area (Å²) in [6, 6.07) is 5.68. The number of hydrogen-bond acceptors (Lipinski definition) is 2. The van der Waals surface area contributed by atoms with E-state index in [1.54, 1.807) is 7.11 Å². The van der Waals surface area contributed by atoms with Crippen LogP contribution >= 0.6 is 0 Å². The van der Waals surface area contributed by atoms with E-state index in [2.05, 4.69) is 0 Å². The molecule has 0 fully saturated rings. The number of ether oxygens (including phenoxy) is 1. The SMILES string of the molecule is COc1ccc2c(c1)CCC[14C]2=O. The lowest BCUT2D eigenvalue weighted by Crippen LogP contribution is -2.10. The molecule has 1 aliphatic carbocycles. The molecule has 0 heterocycles. The van der Waals surface area contributed by atoms with Gasteiger partial charge in [0.05, 0.1) is 7.11 Å². The van der Waals surface area contributed by atoms with E-state index in [-0.39, 0.29) is 5.78 Å². The molecule has 2 heteroatoms. The normalized spacial score (nSPS) is 15.3. The Balaban J connectivity index is 2.45. The topological polar surface area (TPSA) is 26.3 Å². The average Bonchev–Trinajstić information content (AvgIpc) is 2.18. The number of hydrogen-bond donors (Lipinski definition) is 0. The summed E-state index contributed by atoms with van der Waals surface area (Å²) in [6.07, 6.45) is 2.66. The highest BCUT2D eigenvalue weighted by atomic mass is 16.5. The first-order chi connectivity index (χ1) is 6.31. The van der Waals surface area contributed by atoms with Gasteiger partial charge in [-0.3, -0.25) is 4.79 Å². The van der Waals surface area contributed by atoms with Crippen LogP contribution in [0.3, 0.4) is 0 Å². The molecule has 0 N–H and O–H groups in total. The first-order valence-corrected chi connectivity index (χ1v) is 4.51. The predicted octanol–water partition coefficient (Wildman–Crippen LogP) is 2.21. The molecule has 68 valence electrons. The van der Waals surface area contributed by atoms with Gasteiger partial charge in [-0.1, -0.05) is 0 Å². The Hall–Kier alpha value is -1.31. The summed E-state index contributed by atoms with van der Waals surface area (Å²) in [7, 11) is 1.65. The Labute approximate surface area is 77.5 Å². The Bertz CT molecular complexity index is 342. The van der Waals surface area contributed by atoms with Gasteiger partial charge in [-0.2, -0.15) is 0 Å². The van der Waals surface area contributed by atoms with Gasteiger partial charge in [0.2, 0.25) is 0 Å². The minimum atomic E-state index is 0.268. The quantitative estimate of drug-likeness (QED) is 0.659. The van der Waals surface area contributed by atoms with Crippen LogP contribution in [0.2, 0.25) is 0 Å². The number of aryl methyl sites for hydroxylation is 1. The van der Waals surface area contributed by atoms with Crippen LogP contribution in [-0.2, 0) is 6.42 Å². The number of benzene rings is 1. The second-order valence-electron chi connectivity index (χ2n) is 3.30. The van der Waals surface area contributed by atoms with Crippen molar-refractivity contribution in [2.45, 2.75) is 19.3 Å². The third-order valence-corrected chi connectivity index (χ3v) is 2.46. The van der Waals surface area contributed by atoms with Crippen molar-refractivity contribution in [3.63, 3.8) is 0 Å². The van der Waals surface area contributed by atoms with Crippen molar-refractivity contribution in [2.24, 2.45) is 0 Å². The molecule has 0 atom stereocenters. The van der Waals surface area contributed by atoms with Gasteiger partial charge in [-0.25, -0.2) is 0 Å². The zero-order chi connectivity index (χ0) is 9.26. The van der Waals surface area contributed by atoms with Gasteiger partial charge >= 0.3 is 0 Å². The average molecular weight is 178 g/mol. The zero-order valence-corrected chi connectivity index (χ0v) is 7.67. The number of ketones is 1. The lowest BCUT2D eigenvalue weighted by atomic mass is 10.0. The van der Waals surface area contributed by atoms with Gasteiger partial charge in [0, 0.05) is 12.0 Å². The molecule has 2 nitrogen and oxygen atoms in total. The summed E-state index contributed by atoms with van der Waals surface area (Å²) < 4.78 is 5.10.